The third kappa shape index (κ3) is 4.01. The van der Waals surface area contributed by atoms with Crippen molar-refractivity contribution in [3.8, 4) is 11.5 Å². The lowest BCUT2D eigenvalue weighted by atomic mass is 10.1. The zero-order chi connectivity index (χ0) is 20.3. The van der Waals surface area contributed by atoms with Crippen LogP contribution in [-0.4, -0.2) is 30.6 Å². The summed E-state index contributed by atoms with van der Waals surface area (Å²) in [7, 11) is 1.53. The maximum atomic E-state index is 13.9. The van der Waals surface area contributed by atoms with Crippen LogP contribution < -0.4 is 14.8 Å². The van der Waals surface area contributed by atoms with Gasteiger partial charge in [-0.15, -0.1) is 0 Å². The molecule has 0 spiro atoms. The number of hydrogen-bond acceptors (Lipinski definition) is 4. The minimum atomic E-state index is -0.603. The Kier molecular flexibility index (Phi) is 5.99. The molecule has 6 nitrogen and oxygen atoms in total. The Morgan fingerprint density at radius 2 is 1.96 bits per heavy atom. The Hall–Kier alpha value is -2.87. The number of amides is 3. The first kappa shape index (κ1) is 19.9. The number of carbonyl (C=O) groups excluding carboxylic acids is 2. The standard InChI is InChI=1S/C20H18BrFN2O4/c1-3-28-18-9-13(14(21)10-17(18)27-2)8-16-19(25)24(20(26)23-16)11-12-6-4-5-7-15(12)22/h4-10H,3,11H2,1-2H3,(H,23,26). The average molecular weight is 449 g/mol. The smallest absolute Gasteiger partial charge is 0.329 e. The third-order valence-electron chi connectivity index (χ3n) is 4.13. The SMILES string of the molecule is CCOc1cc(C=C2NC(=O)N(Cc3ccccc3F)C2=O)c(Br)cc1OC. The summed E-state index contributed by atoms with van der Waals surface area (Å²) in [6, 6.07) is 8.84. The fourth-order valence-electron chi connectivity index (χ4n) is 2.76. The Morgan fingerprint density at radius 3 is 2.64 bits per heavy atom. The molecule has 0 aromatic heterocycles. The van der Waals surface area contributed by atoms with E-state index in [2.05, 4.69) is 21.2 Å². The molecule has 3 rings (SSSR count). The first-order valence-electron chi connectivity index (χ1n) is 8.52. The van der Waals surface area contributed by atoms with Crippen molar-refractivity contribution in [3.63, 3.8) is 0 Å². The number of imide groups is 1. The molecular formula is C20H18BrFN2O4. The summed E-state index contributed by atoms with van der Waals surface area (Å²) in [5.74, 6) is 0.0487. The predicted molar refractivity (Wildman–Crippen MR) is 105 cm³/mol. The first-order chi connectivity index (χ1) is 13.4. The van der Waals surface area contributed by atoms with E-state index >= 15 is 0 Å². The van der Waals surface area contributed by atoms with E-state index in [0.29, 0.717) is 28.1 Å². The number of hydrogen-bond donors (Lipinski definition) is 1. The topological polar surface area (TPSA) is 67.9 Å². The summed E-state index contributed by atoms with van der Waals surface area (Å²) >= 11 is 3.43. The highest BCUT2D eigenvalue weighted by Crippen LogP contribution is 2.35. The number of rotatable bonds is 6. The van der Waals surface area contributed by atoms with Crippen LogP contribution in [0.15, 0.2) is 46.6 Å². The van der Waals surface area contributed by atoms with E-state index in [1.807, 2.05) is 6.92 Å². The lowest BCUT2D eigenvalue weighted by Crippen LogP contribution is -2.30. The molecule has 0 atom stereocenters. The van der Waals surface area contributed by atoms with Crippen molar-refractivity contribution in [2.75, 3.05) is 13.7 Å². The molecule has 2 aromatic carbocycles. The second kappa shape index (κ2) is 8.43. The molecule has 0 aliphatic carbocycles. The number of nitrogens with zero attached hydrogens (tertiary/aromatic N) is 1. The number of halogens is 2. The number of carbonyl (C=O) groups is 2. The molecule has 2 aromatic rings. The molecular weight excluding hydrogens is 431 g/mol. The number of nitrogens with one attached hydrogen (secondary N) is 1. The molecule has 0 saturated carbocycles. The van der Waals surface area contributed by atoms with Gasteiger partial charge in [0.15, 0.2) is 11.5 Å². The van der Waals surface area contributed by atoms with Crippen LogP contribution in [0.3, 0.4) is 0 Å². The number of benzene rings is 2. The highest BCUT2D eigenvalue weighted by atomic mass is 79.9. The van der Waals surface area contributed by atoms with Gasteiger partial charge in [0.1, 0.15) is 11.5 Å². The zero-order valence-corrected chi connectivity index (χ0v) is 16.9. The van der Waals surface area contributed by atoms with E-state index in [1.54, 1.807) is 24.3 Å². The van der Waals surface area contributed by atoms with Crippen molar-refractivity contribution >= 4 is 33.9 Å². The fourth-order valence-corrected chi connectivity index (χ4v) is 3.19. The van der Waals surface area contributed by atoms with Gasteiger partial charge in [-0.2, -0.15) is 0 Å². The summed E-state index contributed by atoms with van der Waals surface area (Å²) in [4.78, 5) is 25.9. The lowest BCUT2D eigenvalue weighted by molar-refractivity contribution is -0.123. The molecule has 1 N–H and O–H groups in total. The van der Waals surface area contributed by atoms with Crippen LogP contribution in [-0.2, 0) is 11.3 Å². The van der Waals surface area contributed by atoms with E-state index in [-0.39, 0.29) is 17.8 Å². The van der Waals surface area contributed by atoms with Crippen LogP contribution in [0.25, 0.3) is 6.08 Å². The van der Waals surface area contributed by atoms with Gasteiger partial charge in [-0.25, -0.2) is 9.18 Å². The fraction of sp³-hybridized carbons (Fsp3) is 0.200. The molecule has 3 amide bonds. The summed E-state index contributed by atoms with van der Waals surface area (Å²) < 4.78 is 25.4. The molecule has 1 fully saturated rings. The maximum Gasteiger partial charge on any atom is 0.329 e. The monoisotopic (exact) mass is 448 g/mol. The van der Waals surface area contributed by atoms with Crippen molar-refractivity contribution in [2.24, 2.45) is 0 Å². The first-order valence-corrected chi connectivity index (χ1v) is 9.32. The molecule has 1 heterocycles. The van der Waals surface area contributed by atoms with Crippen molar-refractivity contribution in [3.05, 3.63) is 63.5 Å². The van der Waals surface area contributed by atoms with Gasteiger partial charge >= 0.3 is 6.03 Å². The quantitative estimate of drug-likeness (QED) is 0.533. The number of methoxy groups -OCH3 is 1. The molecule has 1 saturated heterocycles. The summed E-state index contributed by atoms with van der Waals surface area (Å²) in [5.41, 5.74) is 0.979. The van der Waals surface area contributed by atoms with Gasteiger partial charge < -0.3 is 14.8 Å². The summed E-state index contributed by atoms with van der Waals surface area (Å²) in [6.45, 7) is 2.14. The minimum Gasteiger partial charge on any atom is -0.493 e. The van der Waals surface area contributed by atoms with Crippen LogP contribution in [0.1, 0.15) is 18.1 Å². The van der Waals surface area contributed by atoms with E-state index in [0.717, 1.165) is 4.90 Å². The second-order valence-corrected chi connectivity index (χ2v) is 6.78. The summed E-state index contributed by atoms with van der Waals surface area (Å²) in [6.07, 6.45) is 1.54. The largest absolute Gasteiger partial charge is 0.493 e. The molecule has 1 aliphatic rings. The summed E-state index contributed by atoms with van der Waals surface area (Å²) in [5, 5.41) is 2.53. The highest BCUT2D eigenvalue weighted by Gasteiger charge is 2.34. The van der Waals surface area contributed by atoms with Gasteiger partial charge in [0, 0.05) is 10.0 Å². The number of urea groups is 1. The van der Waals surface area contributed by atoms with Crippen LogP contribution >= 0.6 is 15.9 Å². The van der Waals surface area contributed by atoms with Gasteiger partial charge in [-0.3, -0.25) is 9.69 Å². The van der Waals surface area contributed by atoms with E-state index < -0.39 is 17.8 Å². The molecule has 1 aliphatic heterocycles. The second-order valence-electron chi connectivity index (χ2n) is 5.93. The molecule has 146 valence electrons. The maximum absolute atomic E-state index is 13.9. The van der Waals surface area contributed by atoms with Crippen molar-refractivity contribution in [1.82, 2.24) is 10.2 Å². The average Bonchev–Trinajstić information content (AvgIpc) is 2.93. The molecule has 28 heavy (non-hydrogen) atoms. The van der Waals surface area contributed by atoms with Crippen LogP contribution in [0.4, 0.5) is 9.18 Å². The minimum absolute atomic E-state index is 0.0923. The zero-order valence-electron chi connectivity index (χ0n) is 15.3. The van der Waals surface area contributed by atoms with E-state index in [4.69, 9.17) is 9.47 Å². The van der Waals surface area contributed by atoms with Gasteiger partial charge in [-0.1, -0.05) is 34.1 Å². The Labute approximate surface area is 170 Å². The van der Waals surface area contributed by atoms with Crippen molar-refractivity contribution < 1.29 is 23.5 Å². The van der Waals surface area contributed by atoms with Gasteiger partial charge in [0.2, 0.25) is 0 Å². The Bertz CT molecular complexity index is 961. The van der Waals surface area contributed by atoms with Gasteiger partial charge in [-0.05, 0) is 36.8 Å². The van der Waals surface area contributed by atoms with Gasteiger partial charge in [0.25, 0.3) is 5.91 Å². The predicted octanol–water partition coefficient (Wildman–Crippen LogP) is 4.09. The lowest BCUT2D eigenvalue weighted by Gasteiger charge is -2.12. The van der Waals surface area contributed by atoms with Crippen molar-refractivity contribution in [2.45, 2.75) is 13.5 Å². The molecule has 0 unspecified atom stereocenters. The van der Waals surface area contributed by atoms with Crippen LogP contribution in [0.5, 0.6) is 11.5 Å². The van der Waals surface area contributed by atoms with Crippen LogP contribution in [0, 0.1) is 5.82 Å². The Balaban J connectivity index is 1.89. The van der Waals surface area contributed by atoms with E-state index in [1.165, 1.54) is 25.3 Å². The van der Waals surface area contributed by atoms with Gasteiger partial charge in [0.05, 0.1) is 20.3 Å². The highest BCUT2D eigenvalue weighted by molar-refractivity contribution is 9.10. The van der Waals surface area contributed by atoms with Crippen LogP contribution in [0.2, 0.25) is 0 Å². The normalized spacial score (nSPS) is 15.1. The van der Waals surface area contributed by atoms with E-state index in [9.17, 15) is 14.0 Å². The number of ether oxygens (including phenoxy) is 2. The van der Waals surface area contributed by atoms with Crippen molar-refractivity contribution in [1.29, 1.82) is 0 Å². The third-order valence-corrected chi connectivity index (χ3v) is 4.82. The Morgan fingerprint density at radius 1 is 1.21 bits per heavy atom. The molecule has 8 heteroatoms. The molecule has 0 bridgehead atoms. The molecule has 0 radical (unpaired) electrons.